The summed E-state index contributed by atoms with van der Waals surface area (Å²) in [5.41, 5.74) is 0. The third kappa shape index (κ3) is 7.60. The molecule has 0 saturated heterocycles. The first-order valence-corrected chi connectivity index (χ1v) is 10.3. The van der Waals surface area contributed by atoms with Gasteiger partial charge in [-0.1, -0.05) is 31.4 Å². The molecular weight excluding hydrogens is 331 g/mol. The number of allylic oxidation sites excluding steroid dienone is 1. The topological polar surface area (TPSA) is 93.7 Å². The highest BCUT2D eigenvalue weighted by Gasteiger charge is 2.23. The predicted molar refractivity (Wildman–Crippen MR) is 92.9 cm³/mol. The summed E-state index contributed by atoms with van der Waals surface area (Å²) in [6.07, 6.45) is 8.98. The summed E-state index contributed by atoms with van der Waals surface area (Å²) in [4.78, 5) is 23.0. The standard InChI is InChI=1S/C16H29N2O5P/c1-3-22-24(21,23-4-2)12-8-11-15(17-13-19)16(20)18-14-9-6-5-7-10-14/h8,11,13-15H,3-7,9-10,12H2,1-2H3,(H,17,19)(H,18,20)/b11-8+. The maximum Gasteiger partial charge on any atom is 0.334 e. The monoisotopic (exact) mass is 360 g/mol. The van der Waals surface area contributed by atoms with E-state index in [0.717, 1.165) is 25.7 Å². The molecule has 0 aromatic heterocycles. The number of nitrogens with one attached hydrogen (secondary N) is 2. The highest BCUT2D eigenvalue weighted by molar-refractivity contribution is 7.54. The molecule has 0 aromatic rings. The molecule has 1 aliphatic rings. The van der Waals surface area contributed by atoms with Gasteiger partial charge in [-0.25, -0.2) is 0 Å². The first-order chi connectivity index (χ1) is 11.5. The fraction of sp³-hybridized carbons (Fsp3) is 0.750. The maximum atomic E-state index is 12.4. The molecule has 0 aromatic carbocycles. The zero-order valence-electron chi connectivity index (χ0n) is 14.5. The van der Waals surface area contributed by atoms with Gasteiger partial charge in [0.15, 0.2) is 0 Å². The fourth-order valence-electron chi connectivity index (χ4n) is 2.69. The second-order valence-electron chi connectivity index (χ2n) is 5.66. The summed E-state index contributed by atoms with van der Waals surface area (Å²) in [5.74, 6) is -0.257. The molecule has 1 aliphatic carbocycles. The van der Waals surface area contributed by atoms with Gasteiger partial charge in [-0.05, 0) is 26.7 Å². The molecule has 2 N–H and O–H groups in total. The van der Waals surface area contributed by atoms with Crippen LogP contribution in [0.3, 0.4) is 0 Å². The van der Waals surface area contributed by atoms with Gasteiger partial charge < -0.3 is 19.7 Å². The van der Waals surface area contributed by atoms with Crippen LogP contribution in [0.15, 0.2) is 12.2 Å². The van der Waals surface area contributed by atoms with Gasteiger partial charge in [0, 0.05) is 6.04 Å². The van der Waals surface area contributed by atoms with Crippen molar-refractivity contribution in [1.29, 1.82) is 0 Å². The Bertz CT molecular complexity index is 453. The molecule has 8 heteroatoms. The van der Waals surface area contributed by atoms with Crippen LogP contribution in [0.5, 0.6) is 0 Å². The van der Waals surface area contributed by atoms with Crippen LogP contribution in [0.25, 0.3) is 0 Å². The average Bonchev–Trinajstić information content (AvgIpc) is 2.55. The first-order valence-electron chi connectivity index (χ1n) is 8.59. The van der Waals surface area contributed by atoms with Crippen LogP contribution in [-0.4, -0.2) is 43.8 Å². The zero-order valence-corrected chi connectivity index (χ0v) is 15.4. The highest BCUT2D eigenvalue weighted by Crippen LogP contribution is 2.47. The lowest BCUT2D eigenvalue weighted by Crippen LogP contribution is -2.47. The molecule has 0 spiro atoms. The third-order valence-corrected chi connectivity index (χ3v) is 5.75. The van der Waals surface area contributed by atoms with Crippen molar-refractivity contribution in [3.8, 4) is 0 Å². The summed E-state index contributed by atoms with van der Waals surface area (Å²) < 4.78 is 22.7. The fourth-order valence-corrected chi connectivity index (χ4v) is 4.14. The third-order valence-electron chi connectivity index (χ3n) is 3.79. The molecule has 1 unspecified atom stereocenters. The lowest BCUT2D eigenvalue weighted by molar-refractivity contribution is -0.124. The second kappa shape index (κ2) is 11.4. The molecule has 0 radical (unpaired) electrons. The van der Waals surface area contributed by atoms with Crippen LogP contribution >= 0.6 is 7.60 Å². The smallest absolute Gasteiger partial charge is 0.334 e. The summed E-state index contributed by atoms with van der Waals surface area (Å²) >= 11 is 0. The number of amides is 2. The Hall–Kier alpha value is -1.17. The SMILES string of the molecule is CCOP(=O)(C/C=C/C(NC=O)C(=O)NC1CCCCC1)OCC. The lowest BCUT2D eigenvalue weighted by Gasteiger charge is -2.24. The van der Waals surface area contributed by atoms with Crippen LogP contribution in [0.1, 0.15) is 46.0 Å². The number of carbonyl (C=O) groups excluding carboxylic acids is 2. The molecule has 1 saturated carbocycles. The Labute approximate surface area is 144 Å². The predicted octanol–water partition coefficient (Wildman–Crippen LogP) is 2.37. The van der Waals surface area contributed by atoms with Gasteiger partial charge in [-0.3, -0.25) is 14.2 Å². The van der Waals surface area contributed by atoms with E-state index in [9.17, 15) is 14.2 Å². The van der Waals surface area contributed by atoms with Crippen LogP contribution in [0, 0.1) is 0 Å². The van der Waals surface area contributed by atoms with E-state index in [1.165, 1.54) is 12.5 Å². The minimum Gasteiger partial charge on any atom is -0.351 e. The molecular formula is C16H29N2O5P. The van der Waals surface area contributed by atoms with Crippen molar-refractivity contribution in [2.45, 2.75) is 58.0 Å². The van der Waals surface area contributed by atoms with Crippen molar-refractivity contribution in [3.63, 3.8) is 0 Å². The van der Waals surface area contributed by atoms with Crippen LogP contribution in [0.4, 0.5) is 0 Å². The minimum atomic E-state index is -3.19. The number of rotatable bonds is 11. The van der Waals surface area contributed by atoms with E-state index in [1.807, 2.05) is 0 Å². The van der Waals surface area contributed by atoms with E-state index in [1.54, 1.807) is 19.9 Å². The van der Waals surface area contributed by atoms with Gasteiger partial charge in [-0.15, -0.1) is 0 Å². The van der Waals surface area contributed by atoms with Crippen molar-refractivity contribution in [2.24, 2.45) is 0 Å². The maximum absolute atomic E-state index is 12.4. The van der Waals surface area contributed by atoms with Gasteiger partial charge in [-0.2, -0.15) is 0 Å². The summed E-state index contributed by atoms with van der Waals surface area (Å²) in [7, 11) is -3.19. The van der Waals surface area contributed by atoms with Crippen LogP contribution in [-0.2, 0) is 23.2 Å². The van der Waals surface area contributed by atoms with Gasteiger partial charge in [0.1, 0.15) is 6.04 Å². The van der Waals surface area contributed by atoms with Crippen LogP contribution in [0.2, 0.25) is 0 Å². The second-order valence-corrected chi connectivity index (χ2v) is 7.77. The molecule has 1 rings (SSSR count). The molecule has 7 nitrogen and oxygen atoms in total. The van der Waals surface area contributed by atoms with Crippen molar-refractivity contribution in [1.82, 2.24) is 10.6 Å². The van der Waals surface area contributed by atoms with Crippen LogP contribution < -0.4 is 10.6 Å². The molecule has 24 heavy (non-hydrogen) atoms. The Kier molecular flexibility index (Phi) is 9.91. The first kappa shape index (κ1) is 20.9. The van der Waals surface area contributed by atoms with Gasteiger partial charge in [0.05, 0.1) is 19.4 Å². The molecule has 0 bridgehead atoms. The zero-order chi connectivity index (χ0) is 17.8. The Morgan fingerprint density at radius 2 is 1.83 bits per heavy atom. The molecule has 0 aliphatic heterocycles. The Morgan fingerprint density at radius 1 is 1.21 bits per heavy atom. The normalized spacial score (nSPS) is 17.6. The van der Waals surface area contributed by atoms with Crippen molar-refractivity contribution >= 4 is 19.9 Å². The molecule has 1 atom stereocenters. The largest absolute Gasteiger partial charge is 0.351 e. The molecule has 2 amide bonds. The number of hydrogen-bond acceptors (Lipinski definition) is 5. The van der Waals surface area contributed by atoms with E-state index in [-0.39, 0.29) is 31.3 Å². The van der Waals surface area contributed by atoms with E-state index in [2.05, 4.69) is 10.6 Å². The van der Waals surface area contributed by atoms with Crippen molar-refractivity contribution < 1.29 is 23.2 Å². The summed E-state index contributed by atoms with van der Waals surface area (Å²) in [5, 5.41) is 5.43. The Morgan fingerprint density at radius 3 is 2.38 bits per heavy atom. The average molecular weight is 360 g/mol. The summed E-state index contributed by atoms with van der Waals surface area (Å²) in [6, 6.07) is -0.630. The lowest BCUT2D eigenvalue weighted by atomic mass is 9.95. The molecule has 1 fully saturated rings. The molecule has 0 heterocycles. The minimum absolute atomic E-state index is 0.0580. The molecule has 138 valence electrons. The number of hydrogen-bond donors (Lipinski definition) is 2. The van der Waals surface area contributed by atoms with Gasteiger partial charge in [0.25, 0.3) is 0 Å². The van der Waals surface area contributed by atoms with Gasteiger partial charge >= 0.3 is 7.60 Å². The number of carbonyl (C=O) groups is 2. The van der Waals surface area contributed by atoms with Crippen molar-refractivity contribution in [3.05, 3.63) is 12.2 Å². The Balaban J connectivity index is 2.60. The van der Waals surface area contributed by atoms with E-state index < -0.39 is 13.6 Å². The van der Waals surface area contributed by atoms with Crippen molar-refractivity contribution in [2.75, 3.05) is 19.4 Å². The summed E-state index contributed by atoms with van der Waals surface area (Å²) in [6.45, 7) is 4.04. The van der Waals surface area contributed by atoms with E-state index in [4.69, 9.17) is 9.05 Å². The quantitative estimate of drug-likeness (QED) is 0.335. The van der Waals surface area contributed by atoms with E-state index >= 15 is 0 Å². The van der Waals surface area contributed by atoms with Gasteiger partial charge in [0.2, 0.25) is 12.3 Å². The van der Waals surface area contributed by atoms with E-state index in [0.29, 0.717) is 6.41 Å². The highest BCUT2D eigenvalue weighted by atomic mass is 31.2.